The van der Waals surface area contributed by atoms with Crippen molar-refractivity contribution in [3.05, 3.63) is 35.9 Å². The summed E-state index contributed by atoms with van der Waals surface area (Å²) in [6.07, 6.45) is -1.13. The minimum atomic E-state index is -1.54. The Morgan fingerprint density at radius 3 is 2.50 bits per heavy atom. The Morgan fingerprint density at radius 1 is 1.25 bits per heavy atom. The zero-order valence-corrected chi connectivity index (χ0v) is 20.2. The van der Waals surface area contributed by atoms with Gasteiger partial charge in [-0.05, 0) is 5.56 Å². The lowest BCUT2D eigenvalue weighted by atomic mass is 9.88. The fourth-order valence-electron chi connectivity index (χ4n) is 3.78. The van der Waals surface area contributed by atoms with E-state index in [1.165, 1.54) is 19.0 Å². The number of primary amides is 1. The first-order valence-electron chi connectivity index (χ1n) is 10.7. The van der Waals surface area contributed by atoms with Gasteiger partial charge in [0.1, 0.15) is 29.5 Å². The molecule has 3 unspecified atom stereocenters. The number of nitrogens with two attached hydrogens (primary N) is 1. The maximum Gasteiger partial charge on any atom is 0.404 e. The van der Waals surface area contributed by atoms with Gasteiger partial charge in [-0.1, -0.05) is 30.3 Å². The summed E-state index contributed by atoms with van der Waals surface area (Å²) in [7, 11) is 2.58. The first-order chi connectivity index (χ1) is 17.0. The molecule has 2 fully saturated rings. The molecule has 4 atom stereocenters. The van der Waals surface area contributed by atoms with Gasteiger partial charge in [0.2, 0.25) is 11.8 Å². The number of amides is 7. The van der Waals surface area contributed by atoms with Crippen LogP contribution in [-0.4, -0.2) is 95.3 Å². The van der Waals surface area contributed by atoms with E-state index in [0.717, 1.165) is 16.7 Å². The van der Waals surface area contributed by atoms with E-state index in [1.807, 2.05) is 0 Å². The molecule has 2 aliphatic rings. The predicted octanol–water partition coefficient (Wildman–Crippen LogP) is -0.725. The molecule has 0 spiro atoms. The summed E-state index contributed by atoms with van der Waals surface area (Å²) >= 11 is 1.12. The highest BCUT2D eigenvalue weighted by Crippen LogP contribution is 2.42. The molecule has 36 heavy (non-hydrogen) atoms. The minimum absolute atomic E-state index is 0.00616. The summed E-state index contributed by atoms with van der Waals surface area (Å²) < 4.78 is 4.71. The Bertz CT molecular complexity index is 1070. The highest BCUT2D eigenvalue weighted by molar-refractivity contribution is 8.00. The number of nitrogens with one attached hydrogen (secondary N) is 3. The first-order valence-corrected chi connectivity index (χ1v) is 11.7. The number of fused-ring (bicyclic) bond motifs is 1. The lowest BCUT2D eigenvalue weighted by Gasteiger charge is -2.53. The van der Waals surface area contributed by atoms with Crippen LogP contribution in [0.4, 0.5) is 14.4 Å². The van der Waals surface area contributed by atoms with E-state index in [1.54, 1.807) is 30.3 Å². The fraction of sp³-hybridized carbons (Fsp3) is 0.429. The number of hydrogen-bond acceptors (Lipinski definition) is 8. The van der Waals surface area contributed by atoms with Crippen LogP contribution in [0.15, 0.2) is 30.3 Å². The maximum atomic E-state index is 13.2. The van der Waals surface area contributed by atoms with Gasteiger partial charge in [-0.2, -0.15) is 0 Å². The van der Waals surface area contributed by atoms with Gasteiger partial charge in [-0.3, -0.25) is 14.4 Å². The zero-order valence-electron chi connectivity index (χ0n) is 19.4. The second-order valence-corrected chi connectivity index (χ2v) is 9.36. The molecule has 3 rings (SSSR count). The van der Waals surface area contributed by atoms with Gasteiger partial charge < -0.3 is 36.4 Å². The topological polar surface area (TPSA) is 200 Å². The third-order valence-electron chi connectivity index (χ3n) is 5.87. The van der Waals surface area contributed by atoms with Crippen molar-refractivity contribution in [1.29, 1.82) is 0 Å². The number of β-lactam (4-membered cyclic amide) rings is 1. The summed E-state index contributed by atoms with van der Waals surface area (Å²) in [4.78, 5) is 75.2. The fourth-order valence-corrected chi connectivity index (χ4v) is 5.30. The summed E-state index contributed by atoms with van der Waals surface area (Å²) in [5.41, 5.74) is 3.84. The molecule has 194 valence electrons. The smallest absolute Gasteiger partial charge is 0.404 e. The number of nitrogens with zero attached hydrogens (tertiary/aromatic N) is 2. The number of carboxylic acid groups (broad SMARTS) is 1. The third kappa shape index (κ3) is 5.30. The minimum Gasteiger partial charge on any atom is -0.481 e. The SMILES string of the molecule is CNC(=O)N(C)C(=O)NC(C(=O)NC1C(=O)N2CC(COC(N)=O)(C(=O)O)CS[C@H]12)c1ccccc1. The van der Waals surface area contributed by atoms with Crippen LogP contribution in [0.1, 0.15) is 11.6 Å². The molecule has 15 heteroatoms. The number of aliphatic carboxylic acids is 1. The predicted molar refractivity (Wildman–Crippen MR) is 125 cm³/mol. The van der Waals surface area contributed by atoms with Gasteiger partial charge >= 0.3 is 24.1 Å². The maximum absolute atomic E-state index is 13.2. The van der Waals surface area contributed by atoms with E-state index < -0.39 is 65.4 Å². The molecular formula is C21H26N6O8S. The van der Waals surface area contributed by atoms with Crippen molar-refractivity contribution in [3.63, 3.8) is 0 Å². The second-order valence-electron chi connectivity index (χ2n) is 8.25. The Balaban J connectivity index is 1.72. The number of carbonyl (C=O) groups excluding carboxylic acids is 5. The number of thioether (sulfide) groups is 1. The van der Waals surface area contributed by atoms with E-state index in [2.05, 4.69) is 16.0 Å². The van der Waals surface area contributed by atoms with Crippen LogP contribution in [0.3, 0.4) is 0 Å². The molecule has 2 saturated heterocycles. The van der Waals surface area contributed by atoms with E-state index in [-0.39, 0.29) is 12.3 Å². The van der Waals surface area contributed by atoms with E-state index >= 15 is 0 Å². The van der Waals surface area contributed by atoms with Crippen LogP contribution in [0.2, 0.25) is 0 Å². The van der Waals surface area contributed by atoms with Gasteiger partial charge in [-0.15, -0.1) is 11.8 Å². The van der Waals surface area contributed by atoms with Crippen molar-refractivity contribution in [3.8, 4) is 0 Å². The third-order valence-corrected chi connectivity index (χ3v) is 7.46. The number of rotatable bonds is 7. The van der Waals surface area contributed by atoms with Gasteiger partial charge in [0.15, 0.2) is 0 Å². The van der Waals surface area contributed by atoms with Crippen molar-refractivity contribution in [2.75, 3.05) is 33.0 Å². The van der Waals surface area contributed by atoms with Crippen molar-refractivity contribution >= 4 is 47.7 Å². The van der Waals surface area contributed by atoms with Crippen LogP contribution < -0.4 is 21.7 Å². The second kappa shape index (κ2) is 10.7. The molecule has 6 N–H and O–H groups in total. The molecule has 1 aromatic rings. The average molecular weight is 523 g/mol. The van der Waals surface area contributed by atoms with Gasteiger partial charge in [0.05, 0.1) is 0 Å². The molecule has 0 aromatic heterocycles. The summed E-state index contributed by atoms with van der Waals surface area (Å²) in [5.74, 6) is -2.45. The molecule has 2 heterocycles. The van der Waals surface area contributed by atoms with Gasteiger partial charge in [-0.25, -0.2) is 19.3 Å². The molecule has 0 radical (unpaired) electrons. The lowest BCUT2D eigenvalue weighted by Crippen LogP contribution is -2.74. The summed E-state index contributed by atoms with van der Waals surface area (Å²) in [6.45, 7) is -0.729. The van der Waals surface area contributed by atoms with Crippen LogP contribution in [0, 0.1) is 5.41 Å². The molecule has 1 aromatic carbocycles. The summed E-state index contributed by atoms with van der Waals surface area (Å²) in [6, 6.07) is 4.55. The van der Waals surface area contributed by atoms with Crippen molar-refractivity contribution < 1.29 is 38.6 Å². The number of ether oxygens (including phenoxy) is 1. The normalized spacial score (nSPS) is 23.3. The van der Waals surface area contributed by atoms with Gasteiger partial charge in [0.25, 0.3) is 0 Å². The van der Waals surface area contributed by atoms with E-state index in [9.17, 15) is 33.9 Å². The molecule has 14 nitrogen and oxygen atoms in total. The highest BCUT2D eigenvalue weighted by Gasteiger charge is 2.58. The molecule has 0 bridgehead atoms. The first kappa shape index (κ1) is 26.6. The molecule has 0 aliphatic carbocycles. The molecular weight excluding hydrogens is 496 g/mol. The Morgan fingerprint density at radius 2 is 1.92 bits per heavy atom. The monoisotopic (exact) mass is 522 g/mol. The van der Waals surface area contributed by atoms with Crippen LogP contribution in [-0.2, 0) is 19.1 Å². The molecule has 7 amide bonds. The zero-order chi connectivity index (χ0) is 26.6. The van der Waals surface area contributed by atoms with Crippen molar-refractivity contribution in [1.82, 2.24) is 25.8 Å². The average Bonchev–Trinajstić information content (AvgIpc) is 2.87. The number of imide groups is 1. The standard InChI is InChI=1S/C21H26N6O8S/c1-23-19(33)26(2)20(34)25-12(11-6-4-3-5-7-11)14(28)24-13-15(29)27-8-21(17(30)31,9-35-18(22)32)10-36-16(13)27/h3-7,12-13,16H,8-10H2,1-2H3,(H2,22,32)(H,23,33)(H,24,28)(H,25,34)(H,30,31)/t12?,13?,16-,21?/m1/s1. The quantitative estimate of drug-likeness (QED) is 0.286. The van der Waals surface area contributed by atoms with E-state index in [0.29, 0.717) is 5.56 Å². The number of hydrogen-bond donors (Lipinski definition) is 5. The van der Waals surface area contributed by atoms with Crippen molar-refractivity contribution in [2.24, 2.45) is 11.1 Å². The Kier molecular flexibility index (Phi) is 7.92. The van der Waals surface area contributed by atoms with E-state index in [4.69, 9.17) is 10.5 Å². The lowest BCUT2D eigenvalue weighted by molar-refractivity contribution is -0.161. The highest BCUT2D eigenvalue weighted by atomic mass is 32.2. The van der Waals surface area contributed by atoms with Crippen LogP contribution >= 0.6 is 11.8 Å². The number of carboxylic acids is 1. The number of carbonyl (C=O) groups is 6. The number of benzene rings is 1. The van der Waals surface area contributed by atoms with Crippen molar-refractivity contribution in [2.45, 2.75) is 17.5 Å². The van der Waals surface area contributed by atoms with Crippen LogP contribution in [0.5, 0.6) is 0 Å². The Hall–Kier alpha value is -4.01. The van der Waals surface area contributed by atoms with Crippen LogP contribution in [0.25, 0.3) is 0 Å². The molecule has 2 aliphatic heterocycles. The summed E-state index contributed by atoms with van der Waals surface area (Å²) in [5, 5.41) is 16.5. The number of urea groups is 2. The largest absolute Gasteiger partial charge is 0.481 e. The Labute approximate surface area is 209 Å². The van der Waals surface area contributed by atoms with Gasteiger partial charge in [0, 0.05) is 26.4 Å². The molecule has 0 saturated carbocycles.